The molecule has 184 valence electrons. The predicted molar refractivity (Wildman–Crippen MR) is 145 cm³/mol. The van der Waals surface area contributed by atoms with Crippen LogP contribution in [0.2, 0.25) is 0 Å². The van der Waals surface area contributed by atoms with Crippen molar-refractivity contribution in [3.05, 3.63) is 84.2 Å². The Kier molecular flexibility index (Phi) is 5.91. The number of imidazole rings is 1. The number of anilines is 1. The fourth-order valence-corrected chi connectivity index (χ4v) is 4.38. The van der Waals surface area contributed by atoms with Crippen LogP contribution in [0.15, 0.2) is 72.2 Å². The van der Waals surface area contributed by atoms with E-state index >= 15 is 0 Å². The van der Waals surface area contributed by atoms with Gasteiger partial charge in [0, 0.05) is 36.4 Å². The summed E-state index contributed by atoms with van der Waals surface area (Å²) in [5.41, 5.74) is 11.4. The van der Waals surface area contributed by atoms with Crippen molar-refractivity contribution in [3.63, 3.8) is 0 Å². The Morgan fingerprint density at radius 3 is 2.57 bits per heavy atom. The van der Waals surface area contributed by atoms with Crippen LogP contribution >= 0.6 is 0 Å². The van der Waals surface area contributed by atoms with Gasteiger partial charge in [0.2, 0.25) is 0 Å². The fourth-order valence-electron chi connectivity index (χ4n) is 4.38. The van der Waals surface area contributed by atoms with Crippen LogP contribution in [0.4, 0.5) is 5.82 Å². The number of hydrazone groups is 1. The molecule has 1 aliphatic heterocycles. The topological polar surface area (TPSA) is 133 Å². The highest BCUT2D eigenvalue weighted by Crippen LogP contribution is 2.27. The van der Waals surface area contributed by atoms with E-state index in [1.54, 1.807) is 12.3 Å². The predicted octanol–water partition coefficient (Wildman–Crippen LogP) is 2.93. The minimum atomic E-state index is 0.176. The first-order valence-corrected chi connectivity index (χ1v) is 11.9. The van der Waals surface area contributed by atoms with Gasteiger partial charge in [-0.1, -0.05) is 24.3 Å². The molecule has 5 heterocycles. The van der Waals surface area contributed by atoms with Crippen LogP contribution in [0.1, 0.15) is 17.1 Å². The number of amidine groups is 1. The number of benzene rings is 1. The molecular formula is C27H25N9O. The highest BCUT2D eigenvalue weighted by molar-refractivity contribution is 5.95. The first kappa shape index (κ1) is 22.6. The van der Waals surface area contributed by atoms with Gasteiger partial charge in [0.15, 0.2) is 17.3 Å². The Bertz CT molecular complexity index is 1630. The van der Waals surface area contributed by atoms with Crippen molar-refractivity contribution in [1.82, 2.24) is 24.3 Å². The number of aromatic nitrogens is 5. The molecule has 0 amide bonds. The van der Waals surface area contributed by atoms with E-state index in [4.69, 9.17) is 31.3 Å². The van der Waals surface area contributed by atoms with Gasteiger partial charge in [-0.15, -0.1) is 0 Å². The van der Waals surface area contributed by atoms with E-state index in [0.29, 0.717) is 18.9 Å². The standard InChI is InChI=1S/C27H25N9O/c28-25(34-29)23-10-6-19(15-30-23)24-16-31-26(35-11-13-37-14-12-35)27-33-21(17-36(24)27)9-8-20-7-5-18-3-1-2-4-22(18)32-20/h1-10,15-17H,11-14,29H2,(H2,28,34)/b9-8+. The smallest absolute Gasteiger partial charge is 0.181 e. The summed E-state index contributed by atoms with van der Waals surface area (Å²) in [7, 11) is 0. The van der Waals surface area contributed by atoms with E-state index in [1.807, 2.05) is 59.3 Å². The van der Waals surface area contributed by atoms with Gasteiger partial charge in [-0.2, -0.15) is 5.10 Å². The third kappa shape index (κ3) is 4.45. The Morgan fingerprint density at radius 2 is 1.76 bits per heavy atom. The first-order chi connectivity index (χ1) is 18.2. The van der Waals surface area contributed by atoms with Crippen molar-refractivity contribution in [2.24, 2.45) is 16.7 Å². The highest BCUT2D eigenvalue weighted by atomic mass is 16.5. The SMILES string of the molecule is N/N=C(/N)c1ccc(-c2cnc(N3CCOCC3)c3nc(/C=C/c4ccc5ccccc5n4)cn23)cn1. The average molecular weight is 492 g/mol. The monoisotopic (exact) mass is 491 g/mol. The van der Waals surface area contributed by atoms with Crippen molar-refractivity contribution >= 4 is 40.4 Å². The number of para-hydroxylation sites is 1. The average Bonchev–Trinajstić information content (AvgIpc) is 3.40. The van der Waals surface area contributed by atoms with E-state index in [1.165, 1.54) is 0 Å². The molecule has 0 saturated carbocycles. The maximum Gasteiger partial charge on any atom is 0.181 e. The third-order valence-corrected chi connectivity index (χ3v) is 6.31. The quantitative estimate of drug-likeness (QED) is 0.166. The molecule has 37 heavy (non-hydrogen) atoms. The van der Waals surface area contributed by atoms with Crippen LogP contribution in [-0.2, 0) is 4.74 Å². The van der Waals surface area contributed by atoms with Crippen molar-refractivity contribution in [1.29, 1.82) is 0 Å². The third-order valence-electron chi connectivity index (χ3n) is 6.31. The Labute approximate surface area is 213 Å². The molecule has 4 aromatic heterocycles. The van der Waals surface area contributed by atoms with Gasteiger partial charge in [-0.05, 0) is 36.4 Å². The van der Waals surface area contributed by atoms with E-state index in [2.05, 4.69) is 27.1 Å². The number of morpholine rings is 1. The van der Waals surface area contributed by atoms with Gasteiger partial charge >= 0.3 is 0 Å². The summed E-state index contributed by atoms with van der Waals surface area (Å²) in [4.78, 5) is 21.1. The lowest BCUT2D eigenvalue weighted by atomic mass is 10.2. The molecule has 0 atom stereocenters. The summed E-state index contributed by atoms with van der Waals surface area (Å²) in [6, 6.07) is 15.8. The number of fused-ring (bicyclic) bond motifs is 2. The summed E-state index contributed by atoms with van der Waals surface area (Å²) in [5.74, 6) is 6.29. The van der Waals surface area contributed by atoms with Crippen LogP contribution in [0, 0.1) is 0 Å². The Hall–Kier alpha value is -4.83. The molecule has 0 aliphatic carbocycles. The Balaban J connectivity index is 1.41. The molecule has 4 N–H and O–H groups in total. The summed E-state index contributed by atoms with van der Waals surface area (Å²) >= 11 is 0. The molecule has 0 radical (unpaired) electrons. The second kappa shape index (κ2) is 9.67. The number of nitrogens with zero attached hydrogens (tertiary/aromatic N) is 7. The second-order valence-electron chi connectivity index (χ2n) is 8.63. The molecule has 1 aromatic carbocycles. The molecule has 1 aliphatic rings. The van der Waals surface area contributed by atoms with Gasteiger partial charge in [-0.25, -0.2) is 15.0 Å². The lowest BCUT2D eigenvalue weighted by molar-refractivity contribution is 0.122. The number of rotatable bonds is 5. The number of ether oxygens (including phenoxy) is 1. The molecule has 1 saturated heterocycles. The van der Waals surface area contributed by atoms with Gasteiger partial charge in [-0.3, -0.25) is 9.38 Å². The molecule has 0 bridgehead atoms. The van der Waals surface area contributed by atoms with E-state index in [0.717, 1.165) is 58.1 Å². The minimum absolute atomic E-state index is 0.176. The van der Waals surface area contributed by atoms with Gasteiger partial charge in [0.1, 0.15) is 5.69 Å². The lowest BCUT2D eigenvalue weighted by Crippen LogP contribution is -2.37. The molecule has 1 fully saturated rings. The largest absolute Gasteiger partial charge is 0.380 e. The number of pyridine rings is 2. The van der Waals surface area contributed by atoms with Gasteiger partial charge in [0.05, 0.1) is 42.0 Å². The minimum Gasteiger partial charge on any atom is -0.380 e. The van der Waals surface area contributed by atoms with E-state index < -0.39 is 0 Å². The maximum atomic E-state index is 5.80. The molecule has 10 heteroatoms. The van der Waals surface area contributed by atoms with E-state index in [9.17, 15) is 0 Å². The molecular weight excluding hydrogens is 466 g/mol. The van der Waals surface area contributed by atoms with E-state index in [-0.39, 0.29) is 5.84 Å². The summed E-state index contributed by atoms with van der Waals surface area (Å²) in [6.45, 7) is 2.84. The van der Waals surface area contributed by atoms with Crippen LogP contribution < -0.4 is 16.5 Å². The second-order valence-corrected chi connectivity index (χ2v) is 8.63. The van der Waals surface area contributed by atoms with Gasteiger partial charge in [0.25, 0.3) is 0 Å². The zero-order valence-electron chi connectivity index (χ0n) is 20.0. The van der Waals surface area contributed by atoms with Gasteiger partial charge < -0.3 is 21.2 Å². The zero-order valence-corrected chi connectivity index (χ0v) is 20.0. The van der Waals surface area contributed by atoms with Crippen molar-refractivity contribution in [2.75, 3.05) is 31.2 Å². The number of nitrogens with two attached hydrogens (primary N) is 2. The summed E-state index contributed by atoms with van der Waals surface area (Å²) < 4.78 is 7.58. The van der Waals surface area contributed by atoms with Crippen LogP contribution in [0.3, 0.4) is 0 Å². The highest BCUT2D eigenvalue weighted by Gasteiger charge is 2.19. The molecule has 0 spiro atoms. The lowest BCUT2D eigenvalue weighted by Gasteiger charge is -2.28. The van der Waals surface area contributed by atoms with Crippen LogP contribution in [-0.4, -0.2) is 56.5 Å². The van der Waals surface area contributed by atoms with Crippen molar-refractivity contribution < 1.29 is 4.74 Å². The molecule has 5 aromatic rings. The zero-order chi connectivity index (χ0) is 25.2. The number of hydrogen-bond donors (Lipinski definition) is 2. The maximum absolute atomic E-state index is 5.80. The normalized spacial score (nSPS) is 14.7. The summed E-state index contributed by atoms with van der Waals surface area (Å²) in [6.07, 6.45) is 9.51. The fraction of sp³-hybridized carbons (Fsp3) is 0.148. The summed E-state index contributed by atoms with van der Waals surface area (Å²) in [5, 5.41) is 4.62. The van der Waals surface area contributed by atoms with Crippen molar-refractivity contribution in [2.45, 2.75) is 0 Å². The molecule has 10 nitrogen and oxygen atoms in total. The van der Waals surface area contributed by atoms with Crippen LogP contribution in [0.5, 0.6) is 0 Å². The first-order valence-electron chi connectivity index (χ1n) is 11.9. The Morgan fingerprint density at radius 1 is 0.919 bits per heavy atom. The molecule has 6 rings (SSSR count). The van der Waals surface area contributed by atoms with Crippen LogP contribution in [0.25, 0.3) is 40.0 Å². The van der Waals surface area contributed by atoms with Crippen molar-refractivity contribution in [3.8, 4) is 11.3 Å². The molecule has 0 unspecified atom stereocenters. The number of hydrogen-bond acceptors (Lipinski definition) is 8.